The van der Waals surface area contributed by atoms with Crippen LogP contribution in [-0.2, 0) is 4.74 Å². The van der Waals surface area contributed by atoms with Crippen LogP contribution in [0.1, 0.15) is 33.6 Å². The molecule has 1 aliphatic rings. The van der Waals surface area contributed by atoms with Gasteiger partial charge in [0.05, 0.1) is 17.8 Å². The Morgan fingerprint density at radius 1 is 1.27 bits per heavy atom. The number of ether oxygens (including phenoxy) is 2. The summed E-state index contributed by atoms with van der Waals surface area (Å²) in [6.07, 6.45) is 1.31. The standard InChI is InChI=1S/C16H23ClN2O3/c1-16(2,3)22-15(20)19-11-7-10(8-11)18-14-9-12(21-4)5-6-13(14)17/h5-6,9-11,18H,7-8H2,1-4H3,(H,19,20). The Bertz CT molecular complexity index is 537. The van der Waals surface area contributed by atoms with Crippen LogP contribution in [0.15, 0.2) is 18.2 Å². The molecular formula is C16H23ClN2O3. The second-order valence-electron chi connectivity index (χ2n) is 6.50. The van der Waals surface area contributed by atoms with Crippen molar-refractivity contribution in [3.8, 4) is 5.75 Å². The van der Waals surface area contributed by atoms with E-state index < -0.39 is 5.60 Å². The molecule has 1 aromatic carbocycles. The molecule has 5 nitrogen and oxygen atoms in total. The molecule has 0 aliphatic heterocycles. The SMILES string of the molecule is COc1ccc(Cl)c(NC2CC(NC(=O)OC(C)(C)C)C2)c1. The van der Waals surface area contributed by atoms with Crippen molar-refractivity contribution in [3.63, 3.8) is 0 Å². The van der Waals surface area contributed by atoms with Crippen LogP contribution in [0.4, 0.5) is 10.5 Å². The number of methoxy groups -OCH3 is 1. The van der Waals surface area contributed by atoms with Crippen molar-refractivity contribution in [2.75, 3.05) is 12.4 Å². The zero-order valence-corrected chi connectivity index (χ0v) is 14.2. The Kier molecular flexibility index (Phi) is 5.06. The van der Waals surface area contributed by atoms with Gasteiger partial charge in [0.1, 0.15) is 11.4 Å². The van der Waals surface area contributed by atoms with Gasteiger partial charge in [-0.15, -0.1) is 0 Å². The first-order chi connectivity index (χ1) is 10.3. The lowest BCUT2D eigenvalue weighted by Crippen LogP contribution is -2.50. The van der Waals surface area contributed by atoms with Crippen LogP contribution in [0.3, 0.4) is 0 Å². The van der Waals surface area contributed by atoms with Crippen LogP contribution < -0.4 is 15.4 Å². The number of carbonyl (C=O) groups excluding carboxylic acids is 1. The molecule has 2 N–H and O–H groups in total. The van der Waals surface area contributed by atoms with Gasteiger partial charge in [0.25, 0.3) is 0 Å². The summed E-state index contributed by atoms with van der Waals surface area (Å²) in [5.74, 6) is 0.759. The van der Waals surface area contributed by atoms with E-state index in [1.54, 1.807) is 13.2 Å². The average Bonchev–Trinajstić information content (AvgIpc) is 2.36. The first kappa shape index (κ1) is 16.7. The Morgan fingerprint density at radius 2 is 1.95 bits per heavy atom. The van der Waals surface area contributed by atoms with Crippen molar-refractivity contribution in [1.29, 1.82) is 0 Å². The molecular weight excluding hydrogens is 304 g/mol. The second-order valence-corrected chi connectivity index (χ2v) is 6.91. The summed E-state index contributed by atoms with van der Waals surface area (Å²) < 4.78 is 10.4. The third-order valence-corrected chi connectivity index (χ3v) is 3.72. The molecule has 2 rings (SSSR count). The fraction of sp³-hybridized carbons (Fsp3) is 0.562. The largest absolute Gasteiger partial charge is 0.497 e. The summed E-state index contributed by atoms with van der Waals surface area (Å²) in [7, 11) is 1.62. The van der Waals surface area contributed by atoms with Crippen molar-refractivity contribution < 1.29 is 14.3 Å². The normalized spacial score (nSPS) is 20.8. The molecule has 1 amide bonds. The minimum atomic E-state index is -0.473. The number of alkyl carbamates (subject to hydrolysis) is 1. The third kappa shape index (κ3) is 4.70. The van der Waals surface area contributed by atoms with Crippen LogP contribution >= 0.6 is 11.6 Å². The minimum absolute atomic E-state index is 0.136. The van der Waals surface area contributed by atoms with Gasteiger partial charge in [-0.3, -0.25) is 0 Å². The molecule has 0 unspecified atom stereocenters. The van der Waals surface area contributed by atoms with Crippen molar-refractivity contribution in [2.24, 2.45) is 0 Å². The molecule has 0 radical (unpaired) electrons. The lowest BCUT2D eigenvalue weighted by Gasteiger charge is -2.37. The lowest BCUT2D eigenvalue weighted by atomic mass is 9.86. The van der Waals surface area contributed by atoms with E-state index in [0.29, 0.717) is 5.02 Å². The molecule has 0 bridgehead atoms. The predicted molar refractivity (Wildman–Crippen MR) is 87.8 cm³/mol. The molecule has 0 heterocycles. The van der Waals surface area contributed by atoms with Gasteiger partial charge >= 0.3 is 6.09 Å². The average molecular weight is 327 g/mol. The summed E-state index contributed by atoms with van der Waals surface area (Å²) in [6, 6.07) is 5.91. The Hall–Kier alpha value is -1.62. The van der Waals surface area contributed by atoms with E-state index in [1.165, 1.54) is 0 Å². The molecule has 0 atom stereocenters. The van der Waals surface area contributed by atoms with Crippen LogP contribution in [0.25, 0.3) is 0 Å². The van der Waals surface area contributed by atoms with Crippen LogP contribution in [-0.4, -0.2) is 30.9 Å². The summed E-state index contributed by atoms with van der Waals surface area (Å²) in [5, 5.41) is 6.89. The number of hydrogen-bond donors (Lipinski definition) is 2. The Labute approximate surface area is 136 Å². The molecule has 22 heavy (non-hydrogen) atoms. The summed E-state index contributed by atoms with van der Waals surface area (Å²) in [4.78, 5) is 11.7. The zero-order chi connectivity index (χ0) is 16.3. The highest BCUT2D eigenvalue weighted by atomic mass is 35.5. The molecule has 1 saturated carbocycles. The maximum absolute atomic E-state index is 11.7. The molecule has 1 aromatic rings. The van der Waals surface area contributed by atoms with E-state index in [1.807, 2.05) is 32.9 Å². The molecule has 1 aliphatic carbocycles. The number of benzene rings is 1. The molecule has 0 aromatic heterocycles. The van der Waals surface area contributed by atoms with Gasteiger partial charge < -0.3 is 20.1 Å². The van der Waals surface area contributed by atoms with Gasteiger partial charge in [-0.1, -0.05) is 11.6 Å². The van der Waals surface area contributed by atoms with E-state index >= 15 is 0 Å². The van der Waals surface area contributed by atoms with Crippen LogP contribution in [0.2, 0.25) is 5.02 Å². The number of carbonyl (C=O) groups is 1. The minimum Gasteiger partial charge on any atom is -0.497 e. The topological polar surface area (TPSA) is 59.6 Å². The molecule has 122 valence electrons. The summed E-state index contributed by atoms with van der Waals surface area (Å²) >= 11 is 6.16. The summed E-state index contributed by atoms with van der Waals surface area (Å²) in [5.41, 5.74) is 0.376. The molecule has 1 fully saturated rings. The number of halogens is 1. The van der Waals surface area contributed by atoms with E-state index in [9.17, 15) is 4.79 Å². The molecule has 0 spiro atoms. The number of amides is 1. The zero-order valence-electron chi connectivity index (χ0n) is 13.4. The van der Waals surface area contributed by atoms with Gasteiger partial charge in [0.2, 0.25) is 0 Å². The van der Waals surface area contributed by atoms with E-state index in [-0.39, 0.29) is 18.2 Å². The number of anilines is 1. The first-order valence-corrected chi connectivity index (χ1v) is 7.74. The highest BCUT2D eigenvalue weighted by molar-refractivity contribution is 6.33. The highest BCUT2D eigenvalue weighted by Crippen LogP contribution is 2.31. The van der Waals surface area contributed by atoms with Gasteiger partial charge in [0, 0.05) is 18.2 Å². The van der Waals surface area contributed by atoms with Crippen molar-refractivity contribution in [1.82, 2.24) is 5.32 Å². The predicted octanol–water partition coefficient (Wildman–Crippen LogP) is 3.82. The fourth-order valence-corrected chi connectivity index (χ4v) is 2.46. The van der Waals surface area contributed by atoms with E-state index in [0.717, 1.165) is 24.3 Å². The smallest absolute Gasteiger partial charge is 0.407 e. The Morgan fingerprint density at radius 3 is 2.55 bits per heavy atom. The van der Waals surface area contributed by atoms with Crippen molar-refractivity contribution in [2.45, 2.75) is 51.3 Å². The van der Waals surface area contributed by atoms with Crippen LogP contribution in [0, 0.1) is 0 Å². The van der Waals surface area contributed by atoms with Gasteiger partial charge in [-0.05, 0) is 45.7 Å². The quantitative estimate of drug-likeness (QED) is 0.883. The van der Waals surface area contributed by atoms with E-state index in [2.05, 4.69) is 10.6 Å². The van der Waals surface area contributed by atoms with Crippen molar-refractivity contribution in [3.05, 3.63) is 23.2 Å². The highest BCUT2D eigenvalue weighted by Gasteiger charge is 2.31. The Balaban J connectivity index is 1.79. The lowest BCUT2D eigenvalue weighted by molar-refractivity contribution is 0.0475. The van der Waals surface area contributed by atoms with Gasteiger partial charge in [0.15, 0.2) is 0 Å². The monoisotopic (exact) mass is 326 g/mol. The van der Waals surface area contributed by atoms with E-state index in [4.69, 9.17) is 21.1 Å². The number of hydrogen-bond acceptors (Lipinski definition) is 4. The number of nitrogens with one attached hydrogen (secondary N) is 2. The maximum Gasteiger partial charge on any atom is 0.407 e. The van der Waals surface area contributed by atoms with Crippen molar-refractivity contribution >= 4 is 23.4 Å². The van der Waals surface area contributed by atoms with Gasteiger partial charge in [-0.2, -0.15) is 0 Å². The number of rotatable bonds is 4. The molecule has 6 heteroatoms. The second kappa shape index (κ2) is 6.65. The van der Waals surface area contributed by atoms with Gasteiger partial charge in [-0.25, -0.2) is 4.79 Å². The van der Waals surface area contributed by atoms with Crippen LogP contribution in [0.5, 0.6) is 5.75 Å². The maximum atomic E-state index is 11.7. The first-order valence-electron chi connectivity index (χ1n) is 7.36. The summed E-state index contributed by atoms with van der Waals surface area (Å²) in [6.45, 7) is 5.55. The third-order valence-electron chi connectivity index (χ3n) is 3.39. The fourth-order valence-electron chi connectivity index (χ4n) is 2.29. The molecule has 0 saturated heterocycles.